The van der Waals surface area contributed by atoms with Crippen LogP contribution < -0.4 is 14.5 Å². The number of aromatic amines is 1. The number of aromatic nitrogens is 1. The number of hydrogen-bond donors (Lipinski definition) is 1. The molecule has 246 valence electrons. The number of fused-ring (bicyclic) bond motifs is 9. The molecule has 4 aromatic rings. The van der Waals surface area contributed by atoms with Gasteiger partial charge in [0.2, 0.25) is 11.8 Å². The van der Waals surface area contributed by atoms with Crippen molar-refractivity contribution in [3.8, 4) is 5.75 Å². The molecule has 7 atom stereocenters. The smallest absolute Gasteiger partial charge is 0.416 e. The fraction of sp³-hybridized carbons (Fsp3) is 0.303. The Kier molecular flexibility index (Phi) is 7.27. The SMILES string of the molecule is O=C1C2C3CC(C2C(=O)N1c1cccc(C(F)(F)F)c1)C1C3Sc2[nH]c(=O)sc2[C@@H]1c1cc([N+](=O)[O-])ccc1OCc1ccc(Cl)cc1. The number of amides is 2. The number of halogens is 4. The second kappa shape index (κ2) is 11.2. The number of imide groups is 1. The van der Waals surface area contributed by atoms with Gasteiger partial charge >= 0.3 is 11.0 Å². The molecule has 2 saturated carbocycles. The van der Waals surface area contributed by atoms with Gasteiger partial charge in [-0.25, -0.2) is 0 Å². The number of hydrogen-bond acceptors (Lipinski definition) is 8. The van der Waals surface area contributed by atoms with E-state index in [0.29, 0.717) is 32.7 Å². The van der Waals surface area contributed by atoms with Gasteiger partial charge < -0.3 is 9.72 Å². The van der Waals surface area contributed by atoms with Crippen molar-refractivity contribution in [2.75, 3.05) is 4.90 Å². The number of benzene rings is 3. The summed E-state index contributed by atoms with van der Waals surface area (Å²) in [5, 5.41) is 12.9. The zero-order valence-electron chi connectivity index (χ0n) is 24.5. The molecule has 3 aromatic carbocycles. The number of nitro benzene ring substituents is 1. The molecule has 1 N–H and O–H groups in total. The molecule has 2 bridgehead atoms. The molecule has 9 nitrogen and oxygen atoms in total. The maximum atomic E-state index is 14.0. The highest BCUT2D eigenvalue weighted by atomic mass is 35.5. The van der Waals surface area contributed by atoms with Crippen molar-refractivity contribution in [2.24, 2.45) is 29.6 Å². The van der Waals surface area contributed by atoms with Gasteiger partial charge in [0.05, 0.1) is 33.0 Å². The van der Waals surface area contributed by atoms with Crippen molar-refractivity contribution in [2.45, 2.75) is 35.4 Å². The molecule has 48 heavy (non-hydrogen) atoms. The van der Waals surface area contributed by atoms with Crippen LogP contribution in [0, 0.1) is 39.7 Å². The predicted octanol–water partition coefficient (Wildman–Crippen LogP) is 7.27. The first kappa shape index (κ1) is 31.1. The molecule has 0 radical (unpaired) electrons. The van der Waals surface area contributed by atoms with E-state index in [1.807, 2.05) is 0 Å². The molecular weight excluding hydrogens is 691 g/mol. The number of carbonyl (C=O) groups is 2. The highest BCUT2D eigenvalue weighted by Crippen LogP contribution is 2.69. The van der Waals surface area contributed by atoms with E-state index in [4.69, 9.17) is 16.3 Å². The Labute approximate surface area is 283 Å². The van der Waals surface area contributed by atoms with E-state index in [1.54, 1.807) is 24.3 Å². The third-order valence-corrected chi connectivity index (χ3v) is 12.8. The number of ether oxygens (including phenoxy) is 1. The first-order valence-electron chi connectivity index (χ1n) is 15.0. The van der Waals surface area contributed by atoms with E-state index in [0.717, 1.165) is 33.9 Å². The first-order valence-corrected chi connectivity index (χ1v) is 17.1. The largest absolute Gasteiger partial charge is 0.489 e. The lowest BCUT2D eigenvalue weighted by Crippen LogP contribution is -2.42. The maximum absolute atomic E-state index is 14.0. The van der Waals surface area contributed by atoms with E-state index in [9.17, 15) is 37.7 Å². The Bertz CT molecular complexity index is 2070. The Morgan fingerprint density at radius 2 is 1.73 bits per heavy atom. The summed E-state index contributed by atoms with van der Waals surface area (Å²) in [5.74, 6) is -3.81. The Balaban J connectivity index is 1.21. The van der Waals surface area contributed by atoms with Crippen molar-refractivity contribution in [1.82, 2.24) is 4.98 Å². The molecule has 2 amide bonds. The van der Waals surface area contributed by atoms with Crippen LogP contribution in [0.4, 0.5) is 24.5 Å². The quantitative estimate of drug-likeness (QED) is 0.127. The number of anilines is 1. The number of nitro groups is 1. The molecule has 0 spiro atoms. The molecule has 2 aliphatic heterocycles. The van der Waals surface area contributed by atoms with Crippen molar-refractivity contribution in [3.63, 3.8) is 0 Å². The first-order chi connectivity index (χ1) is 22.9. The van der Waals surface area contributed by atoms with E-state index in [1.165, 1.54) is 42.1 Å². The number of H-pyrrole nitrogens is 1. The average molecular weight is 714 g/mol. The molecule has 4 aliphatic rings. The third-order valence-electron chi connectivity index (χ3n) is 10.0. The van der Waals surface area contributed by atoms with Crippen molar-refractivity contribution >= 4 is 57.9 Å². The molecule has 2 aliphatic carbocycles. The highest BCUT2D eigenvalue weighted by molar-refractivity contribution is 8.00. The van der Waals surface area contributed by atoms with Gasteiger partial charge in [0.25, 0.3) is 5.69 Å². The maximum Gasteiger partial charge on any atom is 0.416 e. The summed E-state index contributed by atoms with van der Waals surface area (Å²) in [6.07, 6.45) is -4.13. The monoisotopic (exact) mass is 713 g/mol. The molecule has 15 heteroatoms. The van der Waals surface area contributed by atoms with Crippen molar-refractivity contribution in [3.05, 3.63) is 113 Å². The van der Waals surface area contributed by atoms with Gasteiger partial charge in [0.1, 0.15) is 12.4 Å². The number of alkyl halides is 3. The van der Waals surface area contributed by atoms with E-state index in [2.05, 4.69) is 4.98 Å². The van der Waals surface area contributed by atoms with Crippen LogP contribution in [0.5, 0.6) is 5.75 Å². The van der Waals surface area contributed by atoms with Gasteiger partial charge in [-0.3, -0.25) is 29.4 Å². The zero-order valence-corrected chi connectivity index (χ0v) is 26.9. The number of rotatable bonds is 6. The highest BCUT2D eigenvalue weighted by Gasteiger charge is 2.70. The van der Waals surface area contributed by atoms with Crippen LogP contribution in [0.3, 0.4) is 0 Å². The lowest BCUT2D eigenvalue weighted by atomic mass is 9.68. The number of thiazole rings is 1. The lowest BCUT2D eigenvalue weighted by Gasteiger charge is -2.43. The molecule has 1 aromatic heterocycles. The van der Waals surface area contributed by atoms with Gasteiger partial charge in [0.15, 0.2) is 0 Å². The zero-order chi connectivity index (χ0) is 33.6. The van der Waals surface area contributed by atoms with Gasteiger partial charge in [-0.1, -0.05) is 41.1 Å². The molecule has 1 saturated heterocycles. The topological polar surface area (TPSA) is 123 Å². The minimum atomic E-state index is -4.66. The Hall–Kier alpha value is -4.14. The summed E-state index contributed by atoms with van der Waals surface area (Å²) in [5.41, 5.74) is 0.0312. The number of nitrogens with zero attached hydrogens (tertiary/aromatic N) is 2. The van der Waals surface area contributed by atoms with Crippen LogP contribution in [-0.2, 0) is 22.4 Å². The molecule has 3 fully saturated rings. The van der Waals surface area contributed by atoms with E-state index < -0.39 is 46.2 Å². The molecule has 3 heterocycles. The number of nitrogens with one attached hydrogen (secondary N) is 1. The summed E-state index contributed by atoms with van der Waals surface area (Å²) >= 11 is 8.46. The summed E-state index contributed by atoms with van der Waals surface area (Å²) < 4.78 is 46.9. The fourth-order valence-corrected chi connectivity index (χ4v) is 11.2. The lowest BCUT2D eigenvalue weighted by molar-refractivity contribution is -0.385. The van der Waals surface area contributed by atoms with Gasteiger partial charge in [-0.15, -0.1) is 11.8 Å². The second-order valence-corrected chi connectivity index (χ2v) is 15.1. The van der Waals surface area contributed by atoms with E-state index >= 15 is 0 Å². The molecule has 6 unspecified atom stereocenters. The van der Waals surface area contributed by atoms with Crippen molar-refractivity contribution < 1.29 is 32.4 Å². The van der Waals surface area contributed by atoms with E-state index in [-0.39, 0.29) is 45.9 Å². The number of thioether (sulfide) groups is 1. The van der Waals surface area contributed by atoms with Gasteiger partial charge in [0, 0.05) is 38.8 Å². The fourth-order valence-electron chi connectivity index (χ4n) is 8.21. The van der Waals surface area contributed by atoms with Crippen molar-refractivity contribution in [1.29, 1.82) is 0 Å². The van der Waals surface area contributed by atoms with Crippen LogP contribution in [-0.4, -0.2) is 27.0 Å². The van der Waals surface area contributed by atoms with Crippen LogP contribution in [0.2, 0.25) is 5.02 Å². The summed E-state index contributed by atoms with van der Waals surface area (Å²) in [4.78, 5) is 56.3. The standard InChI is InChI=1S/C33H23ClF3N3O6S2/c34-16-6-4-14(5-7-16)13-46-22-9-8-18(40(44)45)11-19(22)23-24-20-12-21(27(24)47-29-28(23)48-32(43)38-29)26-25(20)30(41)39(31(26)42)17-3-1-2-15(10-17)33(35,36)37/h1-11,20-21,23-27H,12-13H2,(H,38,43)/t20?,21?,23-,24?,25?,26?,27?/m1/s1. The third kappa shape index (κ3) is 4.86. The predicted molar refractivity (Wildman–Crippen MR) is 171 cm³/mol. The minimum Gasteiger partial charge on any atom is -0.489 e. The van der Waals surface area contributed by atoms with Crippen LogP contribution in [0.25, 0.3) is 0 Å². The second-order valence-electron chi connectivity index (χ2n) is 12.4. The average Bonchev–Trinajstić information content (AvgIpc) is 3.79. The van der Waals surface area contributed by atoms with Gasteiger partial charge in [-0.2, -0.15) is 13.2 Å². The van der Waals surface area contributed by atoms with Gasteiger partial charge in [-0.05, 0) is 66.1 Å². The summed E-state index contributed by atoms with van der Waals surface area (Å²) in [7, 11) is 0. The Morgan fingerprint density at radius 1 is 1.00 bits per heavy atom. The van der Waals surface area contributed by atoms with Crippen LogP contribution in [0.1, 0.15) is 33.9 Å². The van der Waals surface area contributed by atoms with Crippen LogP contribution in [0.15, 0.2) is 76.6 Å². The molecular formula is C33H23ClF3N3O6S2. The number of carbonyl (C=O) groups excluding carboxylic acids is 2. The Morgan fingerprint density at radius 3 is 2.44 bits per heavy atom. The minimum absolute atomic E-state index is 0.124. The van der Waals surface area contributed by atoms with Crippen LogP contribution >= 0.6 is 34.7 Å². The summed E-state index contributed by atoms with van der Waals surface area (Å²) in [6.45, 7) is 0.128. The normalized spacial score (nSPS) is 27.2. The number of non-ortho nitro benzene ring substituents is 1. The molecule has 8 rings (SSSR count). The summed E-state index contributed by atoms with van der Waals surface area (Å²) in [6, 6.07) is 15.6.